The zero-order chi connectivity index (χ0) is 11.3. The van der Waals surface area contributed by atoms with Crippen LogP contribution in [0.25, 0.3) is 0 Å². The first-order valence-electron chi connectivity index (χ1n) is 5.08. The summed E-state index contributed by atoms with van der Waals surface area (Å²) in [7, 11) is 0. The molecule has 0 saturated carbocycles. The molecule has 4 nitrogen and oxygen atoms in total. The van der Waals surface area contributed by atoms with E-state index in [-0.39, 0.29) is 18.6 Å². The summed E-state index contributed by atoms with van der Waals surface area (Å²) in [5.41, 5.74) is 0. The predicted molar refractivity (Wildman–Crippen MR) is 56.5 cm³/mol. The molecule has 0 amide bonds. The van der Waals surface area contributed by atoms with Crippen LogP contribution in [-0.4, -0.2) is 19.1 Å². The fourth-order valence-corrected chi connectivity index (χ4v) is 1.24. The highest BCUT2D eigenvalue weighted by Gasteiger charge is 2.10. The van der Waals surface area contributed by atoms with E-state index >= 15 is 0 Å². The third kappa shape index (κ3) is 3.75. The standard InChI is InChI=1S/C11H17NO3/c1-4-14-11(13)7-12-9(3)10-6-5-8(2)15-10/h5-6,9,12H,4,7H2,1-3H3. The van der Waals surface area contributed by atoms with Crippen molar-refractivity contribution in [3.63, 3.8) is 0 Å². The third-order valence-electron chi connectivity index (χ3n) is 2.05. The van der Waals surface area contributed by atoms with Gasteiger partial charge in [-0.3, -0.25) is 10.1 Å². The number of nitrogens with one attached hydrogen (secondary N) is 1. The van der Waals surface area contributed by atoms with Crippen LogP contribution in [0, 0.1) is 6.92 Å². The largest absolute Gasteiger partial charge is 0.465 e. The molecule has 4 heteroatoms. The van der Waals surface area contributed by atoms with E-state index in [2.05, 4.69) is 5.32 Å². The monoisotopic (exact) mass is 211 g/mol. The smallest absolute Gasteiger partial charge is 0.319 e. The molecule has 0 aliphatic rings. The molecule has 15 heavy (non-hydrogen) atoms. The number of esters is 1. The maximum atomic E-state index is 11.1. The fraction of sp³-hybridized carbons (Fsp3) is 0.545. The normalized spacial score (nSPS) is 12.5. The number of furan rings is 1. The van der Waals surface area contributed by atoms with Crippen LogP contribution in [0.15, 0.2) is 16.5 Å². The average molecular weight is 211 g/mol. The van der Waals surface area contributed by atoms with E-state index in [9.17, 15) is 4.79 Å². The first-order valence-corrected chi connectivity index (χ1v) is 5.08. The van der Waals surface area contributed by atoms with Crippen LogP contribution in [0.5, 0.6) is 0 Å². The molecule has 84 valence electrons. The van der Waals surface area contributed by atoms with Gasteiger partial charge in [0.15, 0.2) is 0 Å². The zero-order valence-electron chi connectivity index (χ0n) is 9.37. The molecule has 0 spiro atoms. The Hall–Kier alpha value is -1.29. The minimum Gasteiger partial charge on any atom is -0.465 e. The van der Waals surface area contributed by atoms with Crippen molar-refractivity contribution in [2.24, 2.45) is 0 Å². The van der Waals surface area contributed by atoms with Crippen molar-refractivity contribution in [1.29, 1.82) is 0 Å². The van der Waals surface area contributed by atoms with Crippen LogP contribution in [0.4, 0.5) is 0 Å². The zero-order valence-corrected chi connectivity index (χ0v) is 9.37. The second kappa shape index (κ2) is 5.56. The van der Waals surface area contributed by atoms with Crippen LogP contribution in [0.2, 0.25) is 0 Å². The second-order valence-corrected chi connectivity index (χ2v) is 3.36. The number of hydrogen-bond acceptors (Lipinski definition) is 4. The predicted octanol–water partition coefficient (Wildman–Crippen LogP) is 1.80. The lowest BCUT2D eigenvalue weighted by molar-refractivity contribution is -0.142. The highest BCUT2D eigenvalue weighted by molar-refractivity contribution is 5.71. The average Bonchev–Trinajstić information content (AvgIpc) is 2.62. The van der Waals surface area contributed by atoms with Crippen LogP contribution in [0.3, 0.4) is 0 Å². The first-order chi connectivity index (χ1) is 7.13. The molecule has 0 aliphatic heterocycles. The Morgan fingerprint density at radius 1 is 1.60 bits per heavy atom. The summed E-state index contributed by atoms with van der Waals surface area (Å²) in [5.74, 6) is 1.46. The number of carbonyl (C=O) groups excluding carboxylic acids is 1. The van der Waals surface area contributed by atoms with Crippen molar-refractivity contribution in [2.45, 2.75) is 26.8 Å². The number of ether oxygens (including phenoxy) is 1. The fourth-order valence-electron chi connectivity index (χ4n) is 1.24. The first kappa shape index (κ1) is 11.8. The Bertz CT molecular complexity index is 319. The van der Waals surface area contributed by atoms with Gasteiger partial charge in [-0.05, 0) is 32.9 Å². The molecule has 0 fully saturated rings. The molecule has 1 aromatic rings. The lowest BCUT2D eigenvalue weighted by atomic mass is 10.2. The summed E-state index contributed by atoms with van der Waals surface area (Å²) >= 11 is 0. The minimum atomic E-state index is -0.243. The highest BCUT2D eigenvalue weighted by Crippen LogP contribution is 2.14. The van der Waals surface area contributed by atoms with Gasteiger partial charge in [0, 0.05) is 0 Å². The van der Waals surface area contributed by atoms with Gasteiger partial charge in [-0.2, -0.15) is 0 Å². The number of aryl methyl sites for hydroxylation is 1. The molecule has 0 aromatic carbocycles. The SMILES string of the molecule is CCOC(=O)CNC(C)c1ccc(C)o1. The molecular formula is C11H17NO3. The quantitative estimate of drug-likeness (QED) is 0.754. The van der Waals surface area contributed by atoms with Crippen molar-refractivity contribution in [3.05, 3.63) is 23.7 Å². The van der Waals surface area contributed by atoms with Crippen molar-refractivity contribution in [2.75, 3.05) is 13.2 Å². The summed E-state index contributed by atoms with van der Waals surface area (Å²) in [6.07, 6.45) is 0. The summed E-state index contributed by atoms with van der Waals surface area (Å²) in [5, 5.41) is 3.03. The molecule has 0 bridgehead atoms. The summed E-state index contributed by atoms with van der Waals surface area (Å²) in [6.45, 7) is 6.24. The second-order valence-electron chi connectivity index (χ2n) is 3.36. The number of hydrogen-bond donors (Lipinski definition) is 1. The molecule has 1 heterocycles. The van der Waals surface area contributed by atoms with Gasteiger partial charge in [0.2, 0.25) is 0 Å². The van der Waals surface area contributed by atoms with Crippen molar-refractivity contribution in [3.8, 4) is 0 Å². The van der Waals surface area contributed by atoms with Crippen LogP contribution >= 0.6 is 0 Å². The Morgan fingerprint density at radius 2 is 2.33 bits per heavy atom. The maximum Gasteiger partial charge on any atom is 0.319 e. The molecular weight excluding hydrogens is 194 g/mol. The van der Waals surface area contributed by atoms with Gasteiger partial charge in [0.1, 0.15) is 11.5 Å². The van der Waals surface area contributed by atoms with E-state index in [4.69, 9.17) is 9.15 Å². The van der Waals surface area contributed by atoms with Crippen molar-refractivity contribution >= 4 is 5.97 Å². The van der Waals surface area contributed by atoms with Gasteiger partial charge in [0.05, 0.1) is 19.2 Å². The molecule has 1 rings (SSSR count). The summed E-state index contributed by atoms with van der Waals surface area (Å²) < 4.78 is 10.2. The Balaban J connectivity index is 2.36. The summed E-state index contributed by atoms with van der Waals surface area (Å²) in [4.78, 5) is 11.1. The molecule has 0 aliphatic carbocycles. The van der Waals surface area contributed by atoms with E-state index in [1.54, 1.807) is 6.92 Å². The van der Waals surface area contributed by atoms with Gasteiger partial charge in [-0.1, -0.05) is 0 Å². The third-order valence-corrected chi connectivity index (χ3v) is 2.05. The van der Waals surface area contributed by atoms with Gasteiger partial charge in [-0.25, -0.2) is 0 Å². The molecule has 1 N–H and O–H groups in total. The molecule has 1 unspecified atom stereocenters. The lowest BCUT2D eigenvalue weighted by Crippen LogP contribution is -2.27. The Kier molecular flexibility index (Phi) is 4.37. The minimum absolute atomic E-state index is 0.0168. The van der Waals surface area contributed by atoms with Crippen molar-refractivity contribution < 1.29 is 13.9 Å². The lowest BCUT2D eigenvalue weighted by Gasteiger charge is -2.10. The van der Waals surface area contributed by atoms with Crippen LogP contribution < -0.4 is 5.32 Å². The van der Waals surface area contributed by atoms with Gasteiger partial charge >= 0.3 is 5.97 Å². The van der Waals surface area contributed by atoms with Gasteiger partial charge in [0.25, 0.3) is 0 Å². The van der Waals surface area contributed by atoms with Gasteiger partial charge < -0.3 is 9.15 Å². The van der Waals surface area contributed by atoms with Crippen LogP contribution in [-0.2, 0) is 9.53 Å². The number of rotatable bonds is 5. The molecule has 0 saturated heterocycles. The van der Waals surface area contributed by atoms with Gasteiger partial charge in [-0.15, -0.1) is 0 Å². The van der Waals surface area contributed by atoms with E-state index < -0.39 is 0 Å². The van der Waals surface area contributed by atoms with E-state index in [1.165, 1.54) is 0 Å². The van der Waals surface area contributed by atoms with E-state index in [0.29, 0.717) is 6.61 Å². The molecule has 0 radical (unpaired) electrons. The molecule has 1 atom stereocenters. The van der Waals surface area contributed by atoms with E-state index in [1.807, 2.05) is 26.0 Å². The Labute approximate surface area is 89.6 Å². The van der Waals surface area contributed by atoms with Crippen molar-refractivity contribution in [1.82, 2.24) is 5.32 Å². The van der Waals surface area contributed by atoms with E-state index in [0.717, 1.165) is 11.5 Å². The highest BCUT2D eigenvalue weighted by atomic mass is 16.5. The topological polar surface area (TPSA) is 51.5 Å². The Morgan fingerprint density at radius 3 is 2.87 bits per heavy atom. The molecule has 1 aromatic heterocycles. The maximum absolute atomic E-state index is 11.1. The van der Waals surface area contributed by atoms with Crippen LogP contribution in [0.1, 0.15) is 31.4 Å². The summed E-state index contributed by atoms with van der Waals surface area (Å²) in [6, 6.07) is 3.82. The number of carbonyl (C=O) groups is 1.